The third kappa shape index (κ3) is 3.40. The number of carbonyl (C=O) groups excluding carboxylic acids is 2. The Balaban J connectivity index is 1.44. The molecule has 0 spiro atoms. The summed E-state index contributed by atoms with van der Waals surface area (Å²) in [6, 6.07) is 13.1. The van der Waals surface area contributed by atoms with E-state index in [0.29, 0.717) is 36.9 Å². The van der Waals surface area contributed by atoms with E-state index in [1.807, 2.05) is 6.07 Å². The standard InChI is InChI=1S/C20H17ClFN3O2/c21-14-5-6-17-13(11-14)12-18(23-17)20(27)25-9-7-24(8-10-25)19(26)15-3-1-2-4-16(15)22/h1-6,11-12,23H,7-10H2. The Kier molecular flexibility index (Phi) is 4.58. The van der Waals surface area contributed by atoms with Gasteiger partial charge < -0.3 is 14.8 Å². The molecule has 1 saturated heterocycles. The van der Waals surface area contributed by atoms with Crippen molar-refractivity contribution >= 4 is 34.3 Å². The fourth-order valence-electron chi connectivity index (χ4n) is 3.31. The van der Waals surface area contributed by atoms with Gasteiger partial charge in [-0.25, -0.2) is 4.39 Å². The van der Waals surface area contributed by atoms with Gasteiger partial charge in [-0.2, -0.15) is 0 Å². The van der Waals surface area contributed by atoms with Gasteiger partial charge in [-0.15, -0.1) is 0 Å². The Morgan fingerprint density at radius 3 is 2.30 bits per heavy atom. The molecule has 0 bridgehead atoms. The number of rotatable bonds is 2. The van der Waals surface area contributed by atoms with Crippen LogP contribution >= 0.6 is 11.6 Å². The zero-order chi connectivity index (χ0) is 19.0. The molecule has 0 unspecified atom stereocenters. The van der Waals surface area contributed by atoms with E-state index in [1.54, 1.807) is 40.1 Å². The van der Waals surface area contributed by atoms with Crippen LogP contribution in [0.4, 0.5) is 4.39 Å². The Hall–Kier alpha value is -2.86. The number of aromatic nitrogens is 1. The van der Waals surface area contributed by atoms with Gasteiger partial charge in [0.2, 0.25) is 0 Å². The summed E-state index contributed by atoms with van der Waals surface area (Å²) in [6.07, 6.45) is 0. The minimum absolute atomic E-state index is 0.0600. The first-order valence-corrected chi connectivity index (χ1v) is 9.02. The van der Waals surface area contributed by atoms with Crippen molar-refractivity contribution in [3.05, 3.63) is 70.6 Å². The topological polar surface area (TPSA) is 56.4 Å². The van der Waals surface area contributed by atoms with Crippen molar-refractivity contribution in [2.75, 3.05) is 26.2 Å². The van der Waals surface area contributed by atoms with Crippen LogP contribution in [0.3, 0.4) is 0 Å². The summed E-state index contributed by atoms with van der Waals surface area (Å²) in [6.45, 7) is 1.53. The lowest BCUT2D eigenvalue weighted by atomic mass is 10.1. The van der Waals surface area contributed by atoms with Crippen molar-refractivity contribution in [3.63, 3.8) is 0 Å². The van der Waals surface area contributed by atoms with E-state index in [-0.39, 0.29) is 17.4 Å². The van der Waals surface area contributed by atoms with Crippen LogP contribution in [0, 0.1) is 5.82 Å². The van der Waals surface area contributed by atoms with Crippen molar-refractivity contribution in [2.45, 2.75) is 0 Å². The Morgan fingerprint density at radius 1 is 0.926 bits per heavy atom. The van der Waals surface area contributed by atoms with Gasteiger partial charge in [-0.3, -0.25) is 9.59 Å². The third-order valence-corrected chi connectivity index (χ3v) is 5.01. The van der Waals surface area contributed by atoms with Crippen molar-refractivity contribution in [3.8, 4) is 0 Å². The zero-order valence-corrected chi connectivity index (χ0v) is 15.2. The van der Waals surface area contributed by atoms with E-state index < -0.39 is 5.82 Å². The van der Waals surface area contributed by atoms with Crippen molar-refractivity contribution in [1.82, 2.24) is 14.8 Å². The number of hydrogen-bond donors (Lipinski definition) is 1. The molecule has 5 nitrogen and oxygen atoms in total. The molecular formula is C20H17ClFN3O2. The van der Waals surface area contributed by atoms with E-state index >= 15 is 0 Å². The molecule has 0 radical (unpaired) electrons. The van der Waals surface area contributed by atoms with Crippen molar-refractivity contribution < 1.29 is 14.0 Å². The summed E-state index contributed by atoms with van der Waals surface area (Å²) >= 11 is 5.99. The van der Waals surface area contributed by atoms with E-state index in [0.717, 1.165) is 10.9 Å². The minimum Gasteiger partial charge on any atom is -0.351 e. The van der Waals surface area contributed by atoms with E-state index in [9.17, 15) is 14.0 Å². The second-order valence-electron chi connectivity index (χ2n) is 6.48. The molecule has 2 aromatic carbocycles. The first-order valence-electron chi connectivity index (χ1n) is 8.64. The summed E-state index contributed by atoms with van der Waals surface area (Å²) < 4.78 is 13.8. The molecule has 1 aliphatic heterocycles. The SMILES string of the molecule is O=C(c1cc2cc(Cl)ccc2[nH]1)N1CCN(C(=O)c2ccccc2F)CC1. The van der Waals surface area contributed by atoms with Crippen LogP contribution < -0.4 is 0 Å². The summed E-state index contributed by atoms with van der Waals surface area (Å²) in [7, 11) is 0. The summed E-state index contributed by atoms with van der Waals surface area (Å²) in [5.74, 6) is -1.00. The second kappa shape index (κ2) is 7.04. The molecule has 2 heterocycles. The van der Waals surface area contributed by atoms with Gasteiger partial charge in [-0.05, 0) is 36.4 Å². The van der Waals surface area contributed by atoms with Crippen LogP contribution in [-0.2, 0) is 0 Å². The van der Waals surface area contributed by atoms with E-state index in [1.165, 1.54) is 12.1 Å². The largest absolute Gasteiger partial charge is 0.351 e. The Morgan fingerprint density at radius 2 is 1.59 bits per heavy atom. The van der Waals surface area contributed by atoms with Gasteiger partial charge in [0.05, 0.1) is 5.56 Å². The first-order chi connectivity index (χ1) is 13.0. The summed E-state index contributed by atoms with van der Waals surface area (Å²) in [5.41, 5.74) is 1.39. The molecule has 3 aromatic rings. The van der Waals surface area contributed by atoms with Gasteiger partial charge in [0.25, 0.3) is 11.8 Å². The number of amides is 2. The number of carbonyl (C=O) groups is 2. The molecule has 2 amide bonds. The molecule has 0 atom stereocenters. The molecule has 1 aromatic heterocycles. The smallest absolute Gasteiger partial charge is 0.270 e. The number of nitrogens with zero attached hydrogens (tertiary/aromatic N) is 2. The minimum atomic E-state index is -0.530. The fourth-order valence-corrected chi connectivity index (χ4v) is 3.49. The number of nitrogens with one attached hydrogen (secondary N) is 1. The summed E-state index contributed by atoms with van der Waals surface area (Å²) in [4.78, 5) is 31.6. The van der Waals surface area contributed by atoms with Crippen LogP contribution in [0.5, 0.6) is 0 Å². The highest BCUT2D eigenvalue weighted by atomic mass is 35.5. The molecule has 0 aliphatic carbocycles. The van der Waals surface area contributed by atoms with Crippen LogP contribution in [0.1, 0.15) is 20.8 Å². The lowest BCUT2D eigenvalue weighted by Gasteiger charge is -2.34. The number of halogens is 2. The van der Waals surface area contributed by atoms with Crippen LogP contribution in [-0.4, -0.2) is 52.8 Å². The van der Waals surface area contributed by atoms with Gasteiger partial charge in [0.15, 0.2) is 0 Å². The maximum absolute atomic E-state index is 13.8. The monoisotopic (exact) mass is 385 g/mol. The molecular weight excluding hydrogens is 369 g/mol. The van der Waals surface area contributed by atoms with Crippen LogP contribution in [0.15, 0.2) is 48.5 Å². The zero-order valence-electron chi connectivity index (χ0n) is 14.4. The Labute approximate surface area is 160 Å². The number of fused-ring (bicyclic) bond motifs is 1. The van der Waals surface area contributed by atoms with Gasteiger partial charge in [0, 0.05) is 42.1 Å². The highest BCUT2D eigenvalue weighted by Crippen LogP contribution is 2.21. The molecule has 1 aliphatic rings. The lowest BCUT2D eigenvalue weighted by Crippen LogP contribution is -2.50. The highest BCUT2D eigenvalue weighted by Gasteiger charge is 2.27. The Bertz CT molecular complexity index is 1020. The molecule has 4 rings (SSSR count). The number of hydrogen-bond acceptors (Lipinski definition) is 2. The molecule has 1 fully saturated rings. The van der Waals surface area contributed by atoms with E-state index in [2.05, 4.69) is 4.98 Å². The van der Waals surface area contributed by atoms with Gasteiger partial charge >= 0.3 is 0 Å². The third-order valence-electron chi connectivity index (χ3n) is 4.77. The normalized spacial score (nSPS) is 14.6. The van der Waals surface area contributed by atoms with Gasteiger partial charge in [0.1, 0.15) is 11.5 Å². The van der Waals surface area contributed by atoms with Crippen LogP contribution in [0.2, 0.25) is 5.02 Å². The first kappa shape index (κ1) is 17.5. The van der Waals surface area contributed by atoms with Crippen LogP contribution in [0.25, 0.3) is 10.9 Å². The lowest BCUT2D eigenvalue weighted by molar-refractivity contribution is 0.0530. The van der Waals surface area contributed by atoms with Gasteiger partial charge in [-0.1, -0.05) is 23.7 Å². The molecule has 0 saturated carbocycles. The predicted octanol–water partition coefficient (Wildman–Crippen LogP) is 3.56. The number of piperazine rings is 1. The fraction of sp³-hybridized carbons (Fsp3) is 0.200. The van der Waals surface area contributed by atoms with Crippen molar-refractivity contribution in [1.29, 1.82) is 0 Å². The predicted molar refractivity (Wildman–Crippen MR) is 102 cm³/mol. The molecule has 7 heteroatoms. The molecule has 1 N–H and O–H groups in total. The number of benzene rings is 2. The maximum atomic E-state index is 13.8. The molecule has 27 heavy (non-hydrogen) atoms. The molecule has 138 valence electrons. The average Bonchev–Trinajstić information content (AvgIpc) is 3.10. The average molecular weight is 386 g/mol. The highest BCUT2D eigenvalue weighted by molar-refractivity contribution is 6.31. The van der Waals surface area contributed by atoms with Crippen molar-refractivity contribution in [2.24, 2.45) is 0 Å². The quantitative estimate of drug-likeness (QED) is 0.733. The maximum Gasteiger partial charge on any atom is 0.270 e. The second-order valence-corrected chi connectivity index (χ2v) is 6.92. The summed E-state index contributed by atoms with van der Waals surface area (Å²) in [5, 5.41) is 1.49. The number of aromatic amines is 1. The van der Waals surface area contributed by atoms with E-state index in [4.69, 9.17) is 11.6 Å². The number of H-pyrrole nitrogens is 1.